The quantitative estimate of drug-likeness (QED) is 0.447. The molecule has 3 aromatic carbocycles. The van der Waals surface area contributed by atoms with E-state index >= 15 is 0 Å². The van der Waals surface area contributed by atoms with Gasteiger partial charge in [0.15, 0.2) is 0 Å². The molecular formula is C22H18BrN3O2. The van der Waals surface area contributed by atoms with E-state index in [2.05, 4.69) is 31.8 Å². The van der Waals surface area contributed by atoms with Gasteiger partial charge in [0.05, 0.1) is 6.21 Å². The van der Waals surface area contributed by atoms with Gasteiger partial charge in [-0.2, -0.15) is 5.10 Å². The van der Waals surface area contributed by atoms with Crippen molar-refractivity contribution in [2.24, 2.45) is 5.10 Å². The third-order valence-electron chi connectivity index (χ3n) is 3.95. The Labute approximate surface area is 171 Å². The van der Waals surface area contributed by atoms with Crippen LogP contribution in [0.2, 0.25) is 0 Å². The lowest BCUT2D eigenvalue weighted by atomic mass is 10.1. The SMILES string of the molecule is Cc1ccc(C(=O)Nc2cccc(C(=O)NN=Cc3ccc(Br)cc3)c2)cc1. The minimum Gasteiger partial charge on any atom is -0.322 e. The largest absolute Gasteiger partial charge is 0.322 e. The number of nitrogens with one attached hydrogen (secondary N) is 2. The molecule has 5 nitrogen and oxygen atoms in total. The average Bonchev–Trinajstić information content (AvgIpc) is 2.70. The topological polar surface area (TPSA) is 70.6 Å². The summed E-state index contributed by atoms with van der Waals surface area (Å²) < 4.78 is 0.971. The number of benzene rings is 3. The third-order valence-corrected chi connectivity index (χ3v) is 4.47. The summed E-state index contributed by atoms with van der Waals surface area (Å²) in [6, 6.07) is 21.5. The van der Waals surface area contributed by atoms with Gasteiger partial charge in [-0.15, -0.1) is 0 Å². The molecule has 2 amide bonds. The zero-order chi connectivity index (χ0) is 19.9. The molecule has 140 valence electrons. The number of anilines is 1. The number of carbonyl (C=O) groups excluding carboxylic acids is 2. The molecule has 3 aromatic rings. The maximum absolute atomic E-state index is 12.3. The zero-order valence-corrected chi connectivity index (χ0v) is 16.7. The van der Waals surface area contributed by atoms with Gasteiger partial charge < -0.3 is 5.32 Å². The van der Waals surface area contributed by atoms with Crippen LogP contribution in [-0.4, -0.2) is 18.0 Å². The van der Waals surface area contributed by atoms with Crippen LogP contribution in [-0.2, 0) is 0 Å². The monoisotopic (exact) mass is 435 g/mol. The zero-order valence-electron chi connectivity index (χ0n) is 15.1. The van der Waals surface area contributed by atoms with Crippen LogP contribution in [0.4, 0.5) is 5.69 Å². The highest BCUT2D eigenvalue weighted by Gasteiger charge is 2.09. The first kappa shape index (κ1) is 19.5. The Kier molecular flexibility index (Phi) is 6.34. The van der Waals surface area contributed by atoms with Gasteiger partial charge in [0.1, 0.15) is 0 Å². The molecule has 0 radical (unpaired) electrons. The number of amides is 2. The van der Waals surface area contributed by atoms with Crippen molar-refractivity contribution in [3.63, 3.8) is 0 Å². The lowest BCUT2D eigenvalue weighted by Crippen LogP contribution is -2.18. The Morgan fingerprint density at radius 2 is 1.61 bits per heavy atom. The second-order valence-electron chi connectivity index (χ2n) is 6.15. The van der Waals surface area contributed by atoms with Crippen molar-refractivity contribution in [1.82, 2.24) is 5.43 Å². The fourth-order valence-corrected chi connectivity index (χ4v) is 2.69. The van der Waals surface area contributed by atoms with E-state index in [1.54, 1.807) is 42.6 Å². The van der Waals surface area contributed by atoms with E-state index < -0.39 is 0 Å². The number of halogens is 1. The Morgan fingerprint density at radius 3 is 2.32 bits per heavy atom. The van der Waals surface area contributed by atoms with Gasteiger partial charge in [-0.3, -0.25) is 9.59 Å². The fraction of sp³-hybridized carbons (Fsp3) is 0.0455. The highest BCUT2D eigenvalue weighted by molar-refractivity contribution is 9.10. The van der Waals surface area contributed by atoms with E-state index in [1.807, 2.05) is 43.3 Å². The van der Waals surface area contributed by atoms with Gasteiger partial charge in [-0.25, -0.2) is 5.43 Å². The molecular weight excluding hydrogens is 418 g/mol. The molecule has 0 aliphatic rings. The van der Waals surface area contributed by atoms with Crippen LogP contribution in [0, 0.1) is 6.92 Å². The van der Waals surface area contributed by atoms with Crippen molar-refractivity contribution in [3.8, 4) is 0 Å². The predicted octanol–water partition coefficient (Wildman–Crippen LogP) is 4.77. The van der Waals surface area contributed by atoms with Gasteiger partial charge in [-0.05, 0) is 55.0 Å². The van der Waals surface area contributed by atoms with E-state index in [1.165, 1.54) is 0 Å². The number of nitrogens with zero attached hydrogens (tertiary/aromatic N) is 1. The average molecular weight is 436 g/mol. The number of rotatable bonds is 5. The summed E-state index contributed by atoms with van der Waals surface area (Å²) >= 11 is 3.36. The molecule has 0 fully saturated rings. The first-order chi connectivity index (χ1) is 13.5. The van der Waals surface area contributed by atoms with Crippen LogP contribution in [0.3, 0.4) is 0 Å². The van der Waals surface area contributed by atoms with Crippen molar-refractivity contribution in [3.05, 3.63) is 99.5 Å². The van der Waals surface area contributed by atoms with Gasteiger partial charge in [0, 0.05) is 21.3 Å². The summed E-state index contributed by atoms with van der Waals surface area (Å²) in [4.78, 5) is 24.6. The third kappa shape index (κ3) is 5.37. The Bertz CT molecular complexity index is 1010. The van der Waals surface area contributed by atoms with E-state index in [0.29, 0.717) is 16.8 Å². The smallest absolute Gasteiger partial charge is 0.271 e. The summed E-state index contributed by atoms with van der Waals surface area (Å²) in [7, 11) is 0. The number of carbonyl (C=O) groups is 2. The van der Waals surface area contributed by atoms with Crippen molar-refractivity contribution in [1.29, 1.82) is 0 Å². The van der Waals surface area contributed by atoms with Crippen LogP contribution in [0.5, 0.6) is 0 Å². The molecule has 0 aliphatic heterocycles. The van der Waals surface area contributed by atoms with Gasteiger partial charge in [-0.1, -0.05) is 51.8 Å². The van der Waals surface area contributed by atoms with E-state index in [-0.39, 0.29) is 11.8 Å². The lowest BCUT2D eigenvalue weighted by Gasteiger charge is -2.07. The maximum atomic E-state index is 12.3. The normalized spacial score (nSPS) is 10.6. The minimum atomic E-state index is -0.361. The maximum Gasteiger partial charge on any atom is 0.271 e. The highest BCUT2D eigenvalue weighted by atomic mass is 79.9. The van der Waals surface area contributed by atoms with E-state index in [9.17, 15) is 9.59 Å². The van der Waals surface area contributed by atoms with E-state index in [4.69, 9.17) is 0 Å². The van der Waals surface area contributed by atoms with Crippen molar-refractivity contribution in [2.45, 2.75) is 6.92 Å². The molecule has 0 saturated carbocycles. The number of aryl methyl sites for hydroxylation is 1. The Hall–Kier alpha value is -3.25. The second kappa shape index (κ2) is 9.10. The summed E-state index contributed by atoms with van der Waals surface area (Å²) in [6.45, 7) is 1.96. The fourth-order valence-electron chi connectivity index (χ4n) is 2.43. The summed E-state index contributed by atoms with van der Waals surface area (Å²) in [5.74, 6) is -0.592. The first-order valence-corrected chi connectivity index (χ1v) is 9.37. The molecule has 0 heterocycles. The van der Waals surface area contributed by atoms with Crippen LogP contribution in [0.1, 0.15) is 31.8 Å². The molecule has 0 unspecified atom stereocenters. The minimum absolute atomic E-state index is 0.231. The van der Waals surface area contributed by atoms with Crippen molar-refractivity contribution >= 4 is 39.6 Å². The Morgan fingerprint density at radius 1 is 0.893 bits per heavy atom. The predicted molar refractivity (Wildman–Crippen MR) is 115 cm³/mol. The van der Waals surface area contributed by atoms with Crippen LogP contribution in [0.25, 0.3) is 0 Å². The molecule has 0 aromatic heterocycles. The van der Waals surface area contributed by atoms with Gasteiger partial charge in [0.2, 0.25) is 0 Å². The molecule has 2 N–H and O–H groups in total. The van der Waals surface area contributed by atoms with Gasteiger partial charge >= 0.3 is 0 Å². The Balaban J connectivity index is 1.63. The van der Waals surface area contributed by atoms with Crippen molar-refractivity contribution in [2.75, 3.05) is 5.32 Å². The van der Waals surface area contributed by atoms with Crippen LogP contribution in [0.15, 0.2) is 82.4 Å². The summed E-state index contributed by atoms with van der Waals surface area (Å²) in [6.07, 6.45) is 1.56. The van der Waals surface area contributed by atoms with Crippen LogP contribution >= 0.6 is 15.9 Å². The molecule has 3 rings (SSSR count). The standard InChI is InChI=1S/C22H18BrN3O2/c1-15-5-9-17(10-6-15)21(27)25-20-4-2-3-18(13-20)22(28)26-24-14-16-7-11-19(23)12-8-16/h2-14H,1H3,(H,25,27)(H,26,28). The lowest BCUT2D eigenvalue weighted by molar-refractivity contribution is 0.0953. The molecule has 0 saturated heterocycles. The summed E-state index contributed by atoms with van der Waals surface area (Å²) in [5, 5.41) is 6.77. The number of hydrogen-bond donors (Lipinski definition) is 2. The molecule has 0 bridgehead atoms. The molecule has 28 heavy (non-hydrogen) atoms. The molecule has 6 heteroatoms. The molecule has 0 aliphatic carbocycles. The number of hydrogen-bond acceptors (Lipinski definition) is 3. The van der Waals surface area contributed by atoms with Gasteiger partial charge in [0.25, 0.3) is 11.8 Å². The summed E-state index contributed by atoms with van der Waals surface area (Å²) in [5.41, 5.74) is 5.92. The van der Waals surface area contributed by atoms with Crippen LogP contribution < -0.4 is 10.7 Å². The van der Waals surface area contributed by atoms with E-state index in [0.717, 1.165) is 15.6 Å². The number of hydrazone groups is 1. The highest BCUT2D eigenvalue weighted by Crippen LogP contribution is 2.13. The molecule has 0 atom stereocenters. The van der Waals surface area contributed by atoms with Crippen molar-refractivity contribution < 1.29 is 9.59 Å². The molecule has 0 spiro atoms. The second-order valence-corrected chi connectivity index (χ2v) is 7.07. The first-order valence-electron chi connectivity index (χ1n) is 8.58.